The highest BCUT2D eigenvalue weighted by Gasteiger charge is 2.29. The molecule has 0 aliphatic carbocycles. The quantitative estimate of drug-likeness (QED) is 0.817. The van der Waals surface area contributed by atoms with Crippen molar-refractivity contribution >= 4 is 22.9 Å². The molecule has 1 unspecified atom stereocenters. The molecular formula is C8H13ClN2OS. The Morgan fingerprint density at radius 3 is 2.77 bits per heavy atom. The maximum atomic E-state index is 9.10. The predicted molar refractivity (Wildman–Crippen MR) is 54.9 cm³/mol. The van der Waals surface area contributed by atoms with Crippen molar-refractivity contribution in [2.75, 3.05) is 6.61 Å². The minimum Gasteiger partial charge on any atom is -0.396 e. The Morgan fingerprint density at radius 1 is 1.77 bits per heavy atom. The lowest BCUT2D eigenvalue weighted by Gasteiger charge is -2.27. The molecule has 1 aromatic heterocycles. The van der Waals surface area contributed by atoms with E-state index >= 15 is 0 Å². The number of thiazole rings is 1. The molecule has 0 aliphatic heterocycles. The fourth-order valence-electron chi connectivity index (χ4n) is 0.843. The zero-order chi connectivity index (χ0) is 10.1. The van der Waals surface area contributed by atoms with E-state index in [1.165, 1.54) is 11.3 Å². The van der Waals surface area contributed by atoms with Gasteiger partial charge in [-0.3, -0.25) is 0 Å². The molecule has 0 aromatic carbocycles. The largest absolute Gasteiger partial charge is 0.396 e. The molecule has 0 saturated heterocycles. The molecule has 1 aromatic rings. The highest BCUT2D eigenvalue weighted by molar-refractivity contribution is 7.15. The SMILES string of the molecule is CC(C)(CO)C(N)c1ncc(Cl)s1. The number of hydrogen-bond donors (Lipinski definition) is 2. The van der Waals surface area contributed by atoms with E-state index in [4.69, 9.17) is 22.4 Å². The first-order valence-electron chi connectivity index (χ1n) is 3.95. The standard InChI is InChI=1S/C8H13ClN2OS/c1-8(2,4-12)6(10)7-11-3-5(9)13-7/h3,6,12H,4,10H2,1-2H3. The molecule has 1 rings (SSSR count). The van der Waals surface area contributed by atoms with Crippen LogP contribution in [0.2, 0.25) is 4.34 Å². The van der Waals surface area contributed by atoms with E-state index in [0.29, 0.717) is 4.34 Å². The molecule has 1 heterocycles. The van der Waals surface area contributed by atoms with Crippen molar-refractivity contribution in [2.24, 2.45) is 11.1 Å². The maximum absolute atomic E-state index is 9.10. The summed E-state index contributed by atoms with van der Waals surface area (Å²) in [5.41, 5.74) is 5.57. The van der Waals surface area contributed by atoms with Gasteiger partial charge in [0.05, 0.1) is 18.8 Å². The zero-order valence-corrected chi connectivity index (χ0v) is 9.19. The first-order chi connectivity index (χ1) is 5.97. The Bertz CT molecular complexity index is 287. The maximum Gasteiger partial charge on any atom is 0.113 e. The molecule has 0 amide bonds. The number of aliphatic hydroxyl groups excluding tert-OH is 1. The highest BCUT2D eigenvalue weighted by atomic mass is 35.5. The average molecular weight is 221 g/mol. The van der Waals surface area contributed by atoms with Crippen LogP contribution in [0.4, 0.5) is 0 Å². The van der Waals surface area contributed by atoms with Crippen LogP contribution in [-0.2, 0) is 0 Å². The van der Waals surface area contributed by atoms with Gasteiger partial charge in [0.1, 0.15) is 9.34 Å². The molecule has 0 saturated carbocycles. The monoisotopic (exact) mass is 220 g/mol. The third-order valence-corrected chi connectivity index (χ3v) is 3.21. The summed E-state index contributed by atoms with van der Waals surface area (Å²) in [4.78, 5) is 4.08. The number of aromatic nitrogens is 1. The molecule has 0 radical (unpaired) electrons. The van der Waals surface area contributed by atoms with Gasteiger partial charge in [-0.05, 0) is 0 Å². The number of nitrogens with two attached hydrogens (primary N) is 1. The van der Waals surface area contributed by atoms with Gasteiger partial charge in [0.15, 0.2) is 0 Å². The highest BCUT2D eigenvalue weighted by Crippen LogP contribution is 2.33. The molecule has 5 heteroatoms. The number of aliphatic hydroxyl groups is 1. The van der Waals surface area contributed by atoms with Crippen molar-refractivity contribution in [1.82, 2.24) is 4.98 Å². The summed E-state index contributed by atoms with van der Waals surface area (Å²) in [6.07, 6.45) is 1.58. The summed E-state index contributed by atoms with van der Waals surface area (Å²) >= 11 is 7.09. The summed E-state index contributed by atoms with van der Waals surface area (Å²) in [5, 5.41) is 9.86. The fraction of sp³-hybridized carbons (Fsp3) is 0.625. The van der Waals surface area contributed by atoms with Crippen molar-refractivity contribution < 1.29 is 5.11 Å². The van der Waals surface area contributed by atoms with E-state index in [2.05, 4.69) is 4.98 Å². The van der Waals surface area contributed by atoms with Crippen molar-refractivity contribution in [1.29, 1.82) is 0 Å². The van der Waals surface area contributed by atoms with Crippen LogP contribution in [0.3, 0.4) is 0 Å². The van der Waals surface area contributed by atoms with Gasteiger partial charge in [-0.25, -0.2) is 4.98 Å². The third-order valence-electron chi connectivity index (χ3n) is 2.01. The first-order valence-corrected chi connectivity index (χ1v) is 5.14. The molecule has 3 N–H and O–H groups in total. The smallest absolute Gasteiger partial charge is 0.113 e. The number of hydrogen-bond acceptors (Lipinski definition) is 4. The lowest BCUT2D eigenvalue weighted by atomic mass is 9.86. The average Bonchev–Trinajstić information content (AvgIpc) is 2.50. The van der Waals surface area contributed by atoms with Crippen molar-refractivity contribution in [3.8, 4) is 0 Å². The molecule has 13 heavy (non-hydrogen) atoms. The Hall–Kier alpha value is -0.160. The van der Waals surface area contributed by atoms with Gasteiger partial charge in [-0.15, -0.1) is 11.3 Å². The van der Waals surface area contributed by atoms with Crippen LogP contribution in [0.1, 0.15) is 24.9 Å². The number of nitrogens with zero attached hydrogens (tertiary/aromatic N) is 1. The Labute approximate surface area is 86.6 Å². The summed E-state index contributed by atoms with van der Waals surface area (Å²) in [6, 6.07) is -0.269. The predicted octanol–water partition coefficient (Wildman–Crippen LogP) is 1.81. The van der Waals surface area contributed by atoms with E-state index in [0.717, 1.165) is 5.01 Å². The second-order valence-corrected chi connectivity index (χ2v) is 5.32. The van der Waals surface area contributed by atoms with Gasteiger partial charge >= 0.3 is 0 Å². The van der Waals surface area contributed by atoms with Gasteiger partial charge < -0.3 is 10.8 Å². The van der Waals surface area contributed by atoms with Crippen molar-refractivity contribution in [2.45, 2.75) is 19.9 Å². The molecule has 0 bridgehead atoms. The minimum absolute atomic E-state index is 0.0331. The van der Waals surface area contributed by atoms with Crippen LogP contribution < -0.4 is 5.73 Å². The van der Waals surface area contributed by atoms with E-state index in [-0.39, 0.29) is 18.1 Å². The third kappa shape index (κ3) is 2.40. The van der Waals surface area contributed by atoms with Crippen LogP contribution in [-0.4, -0.2) is 16.7 Å². The van der Waals surface area contributed by atoms with Gasteiger partial charge in [0, 0.05) is 5.41 Å². The molecule has 1 atom stereocenters. The van der Waals surface area contributed by atoms with Crippen LogP contribution in [0.25, 0.3) is 0 Å². The first kappa shape index (κ1) is 10.9. The summed E-state index contributed by atoms with van der Waals surface area (Å²) in [5.74, 6) is 0. The Balaban J connectivity index is 2.84. The molecule has 0 aliphatic rings. The van der Waals surface area contributed by atoms with Gasteiger partial charge in [-0.2, -0.15) is 0 Å². The van der Waals surface area contributed by atoms with Gasteiger partial charge in [0.2, 0.25) is 0 Å². The topological polar surface area (TPSA) is 59.1 Å². The normalized spacial score (nSPS) is 14.5. The van der Waals surface area contributed by atoms with Crippen LogP contribution in [0.15, 0.2) is 6.20 Å². The molecule has 3 nitrogen and oxygen atoms in total. The second kappa shape index (κ2) is 3.92. The number of rotatable bonds is 3. The van der Waals surface area contributed by atoms with Gasteiger partial charge in [-0.1, -0.05) is 25.4 Å². The summed E-state index contributed by atoms with van der Waals surface area (Å²) < 4.78 is 0.624. The van der Waals surface area contributed by atoms with E-state index in [9.17, 15) is 0 Å². The summed E-state index contributed by atoms with van der Waals surface area (Å²) in [7, 11) is 0. The van der Waals surface area contributed by atoms with Gasteiger partial charge in [0.25, 0.3) is 0 Å². The molecule has 74 valence electrons. The number of halogens is 1. The summed E-state index contributed by atoms with van der Waals surface area (Å²) in [6.45, 7) is 3.82. The van der Waals surface area contributed by atoms with E-state index < -0.39 is 0 Å². The molecular weight excluding hydrogens is 208 g/mol. The lowest BCUT2D eigenvalue weighted by molar-refractivity contribution is 0.132. The fourth-order valence-corrected chi connectivity index (χ4v) is 1.99. The van der Waals surface area contributed by atoms with Crippen LogP contribution in [0, 0.1) is 5.41 Å². The van der Waals surface area contributed by atoms with E-state index in [1.54, 1.807) is 6.20 Å². The Kier molecular flexibility index (Phi) is 3.29. The Morgan fingerprint density at radius 2 is 2.38 bits per heavy atom. The lowest BCUT2D eigenvalue weighted by Crippen LogP contribution is -2.32. The minimum atomic E-state index is -0.360. The van der Waals surface area contributed by atoms with Crippen molar-refractivity contribution in [3.63, 3.8) is 0 Å². The molecule has 0 spiro atoms. The van der Waals surface area contributed by atoms with Crippen LogP contribution in [0.5, 0.6) is 0 Å². The van der Waals surface area contributed by atoms with E-state index in [1.807, 2.05) is 13.8 Å². The second-order valence-electron chi connectivity index (χ2n) is 3.63. The van der Waals surface area contributed by atoms with Crippen molar-refractivity contribution in [3.05, 3.63) is 15.5 Å². The molecule has 0 fully saturated rings. The van der Waals surface area contributed by atoms with Crippen LogP contribution >= 0.6 is 22.9 Å². The zero-order valence-electron chi connectivity index (χ0n) is 7.62.